The van der Waals surface area contributed by atoms with Crippen LogP contribution in [0.5, 0.6) is 0 Å². The molecule has 0 atom stereocenters. The Balaban J connectivity index is 4.74. The van der Waals surface area contributed by atoms with Crippen LogP contribution >= 0.6 is 0 Å². The predicted molar refractivity (Wildman–Crippen MR) is 102 cm³/mol. The van der Waals surface area contributed by atoms with Gasteiger partial charge in [0.1, 0.15) is 17.5 Å². The molecule has 0 aliphatic carbocycles. The Morgan fingerprint density at radius 1 is 0.630 bits per heavy atom. The maximum Gasteiger partial charge on any atom is 0.140 e. The van der Waals surface area contributed by atoms with Crippen molar-refractivity contribution in [2.45, 2.75) is 25.7 Å². The van der Waals surface area contributed by atoms with Gasteiger partial charge in [-0.2, -0.15) is 0 Å². The van der Waals surface area contributed by atoms with Crippen LogP contribution in [-0.4, -0.2) is 93.6 Å². The van der Waals surface area contributed by atoms with Crippen molar-refractivity contribution in [3.63, 3.8) is 0 Å². The molecular weight excluding hydrogens is 358 g/mol. The summed E-state index contributed by atoms with van der Waals surface area (Å²) in [4.78, 5) is 4.10. The van der Waals surface area contributed by atoms with Crippen LogP contribution in [0.2, 0.25) is 0 Å². The maximum atomic E-state index is 8.68. The molecule has 13 nitrogen and oxygen atoms in total. The van der Waals surface area contributed by atoms with Crippen molar-refractivity contribution in [1.82, 2.24) is 9.80 Å². The molecule has 0 saturated carbocycles. The zero-order valence-electron chi connectivity index (χ0n) is 15.4. The summed E-state index contributed by atoms with van der Waals surface area (Å²) in [6.07, 6.45) is 3.06. The van der Waals surface area contributed by atoms with Gasteiger partial charge in [-0.1, -0.05) is 15.5 Å². The van der Waals surface area contributed by atoms with Gasteiger partial charge < -0.3 is 47.8 Å². The lowest BCUT2D eigenvalue weighted by molar-refractivity contribution is 0.213. The fraction of sp³-hybridized carbons (Fsp3) is 0.714. The summed E-state index contributed by atoms with van der Waals surface area (Å²) >= 11 is 0. The fourth-order valence-corrected chi connectivity index (χ4v) is 2.22. The van der Waals surface area contributed by atoms with E-state index in [2.05, 4.69) is 25.5 Å². The number of hydrogen-bond acceptors (Lipinski definition) is 10. The van der Waals surface area contributed by atoms with Crippen LogP contribution in [0, 0.1) is 0 Å². The van der Waals surface area contributed by atoms with E-state index in [1.54, 1.807) is 0 Å². The van der Waals surface area contributed by atoms with Gasteiger partial charge in [-0.3, -0.25) is 0 Å². The molecule has 156 valence electrons. The third-order valence-electron chi connectivity index (χ3n) is 3.83. The summed E-state index contributed by atoms with van der Waals surface area (Å²) in [7, 11) is 0. The van der Waals surface area contributed by atoms with Gasteiger partial charge in [-0.05, 0) is 6.42 Å². The lowest BCUT2D eigenvalue weighted by atomic mass is 10.2. The van der Waals surface area contributed by atoms with E-state index in [0.29, 0.717) is 65.0 Å². The van der Waals surface area contributed by atoms with Crippen molar-refractivity contribution >= 4 is 23.7 Å². The van der Waals surface area contributed by atoms with Gasteiger partial charge in [0.2, 0.25) is 0 Å². The highest BCUT2D eigenvalue weighted by molar-refractivity contribution is 5.80. The molecule has 0 rings (SSSR count). The third-order valence-corrected chi connectivity index (χ3v) is 3.83. The first kappa shape index (κ1) is 24.2. The van der Waals surface area contributed by atoms with Crippen LogP contribution in [0.3, 0.4) is 0 Å². The molecule has 0 fully saturated rings. The number of hydrogen-bond donors (Lipinski definition) is 7. The van der Waals surface area contributed by atoms with E-state index in [9.17, 15) is 0 Å². The average Bonchev–Trinajstić information content (AvgIpc) is 2.69. The van der Waals surface area contributed by atoms with Gasteiger partial charge in [0, 0.05) is 64.7 Å². The molecule has 0 aromatic carbocycles. The Hall–Kier alpha value is -2.80. The highest BCUT2D eigenvalue weighted by Crippen LogP contribution is 2.00. The molecule has 0 spiro atoms. The van der Waals surface area contributed by atoms with Gasteiger partial charge in [0.15, 0.2) is 0 Å². The van der Waals surface area contributed by atoms with Crippen molar-refractivity contribution in [3.05, 3.63) is 0 Å². The maximum absolute atomic E-state index is 8.68. The van der Waals surface area contributed by atoms with Crippen LogP contribution in [-0.2, 0) is 0 Å². The first-order valence-corrected chi connectivity index (χ1v) is 8.46. The van der Waals surface area contributed by atoms with Gasteiger partial charge in [0.25, 0.3) is 0 Å². The highest BCUT2D eigenvalue weighted by atomic mass is 16.4. The molecule has 0 aromatic heterocycles. The van der Waals surface area contributed by atoms with E-state index in [1.807, 2.05) is 4.90 Å². The minimum Gasteiger partial charge on any atom is -0.411 e. The first-order chi connectivity index (χ1) is 13.0. The van der Waals surface area contributed by atoms with Crippen molar-refractivity contribution < 1.29 is 20.8 Å². The van der Waals surface area contributed by atoms with Crippen LogP contribution < -0.4 is 17.2 Å². The molecule has 0 unspecified atom stereocenters. The molecule has 0 aliphatic heterocycles. The fourth-order valence-electron chi connectivity index (χ4n) is 2.22. The van der Waals surface area contributed by atoms with Gasteiger partial charge in [-0.25, -0.2) is 0 Å². The Morgan fingerprint density at radius 2 is 1.00 bits per heavy atom. The smallest absolute Gasteiger partial charge is 0.140 e. The lowest BCUT2D eigenvalue weighted by Crippen LogP contribution is -2.39. The minimum atomic E-state index is 0.117. The summed E-state index contributed by atoms with van der Waals surface area (Å²) in [6.45, 7) is 3.51. The molecule has 0 aromatic rings. The summed E-state index contributed by atoms with van der Waals surface area (Å²) in [5.74, 6) is 0.366. The molecule has 0 heterocycles. The van der Waals surface area contributed by atoms with Crippen LogP contribution in [0.25, 0.3) is 0 Å². The monoisotopic (exact) mass is 389 g/mol. The van der Waals surface area contributed by atoms with E-state index < -0.39 is 0 Å². The molecule has 0 saturated heterocycles. The standard InChI is InChI=1S/C14H31N9O4/c15-12(19-25)2-7-22(6-1-5-18-24)10-11-23(8-3-13(16)20-26)9-4-14(17)21-27/h5,24-27H,1-4,6-11H2,(H2,15,19)(H2,16,20)(H2,17,21)/b18-5+. The zero-order valence-corrected chi connectivity index (χ0v) is 15.4. The average molecular weight is 389 g/mol. The number of nitrogens with two attached hydrogens (primary N) is 3. The Labute approximate surface area is 158 Å². The summed E-state index contributed by atoms with van der Waals surface area (Å²) in [6, 6.07) is 0. The highest BCUT2D eigenvalue weighted by Gasteiger charge is 2.11. The van der Waals surface area contributed by atoms with Crippen molar-refractivity contribution in [2.24, 2.45) is 37.8 Å². The molecule has 0 bridgehead atoms. The summed E-state index contributed by atoms with van der Waals surface area (Å²) in [5, 5.41) is 46.4. The van der Waals surface area contributed by atoms with E-state index in [4.69, 9.17) is 38.0 Å². The molecule has 10 N–H and O–H groups in total. The second kappa shape index (κ2) is 15.5. The summed E-state index contributed by atoms with van der Waals surface area (Å²) < 4.78 is 0. The Morgan fingerprint density at radius 3 is 1.33 bits per heavy atom. The minimum absolute atomic E-state index is 0.117. The second-order valence-electron chi connectivity index (χ2n) is 5.79. The van der Waals surface area contributed by atoms with Crippen molar-refractivity contribution in [2.75, 3.05) is 39.3 Å². The van der Waals surface area contributed by atoms with Crippen molar-refractivity contribution in [3.8, 4) is 0 Å². The topological polar surface area (TPSA) is 215 Å². The molecule has 0 aliphatic rings. The predicted octanol–water partition coefficient (Wildman–Crippen LogP) is -1.15. The van der Waals surface area contributed by atoms with Gasteiger partial charge in [-0.15, -0.1) is 5.16 Å². The van der Waals surface area contributed by atoms with Crippen LogP contribution in [0.15, 0.2) is 20.6 Å². The van der Waals surface area contributed by atoms with Gasteiger partial charge in [0.05, 0.1) is 0 Å². The quantitative estimate of drug-likeness (QED) is 0.0777. The molecule has 27 heavy (non-hydrogen) atoms. The number of rotatable bonds is 15. The Bertz CT molecular complexity index is 489. The zero-order chi connectivity index (χ0) is 20.5. The Kier molecular flexibility index (Phi) is 13.9. The number of nitrogens with zero attached hydrogens (tertiary/aromatic N) is 6. The van der Waals surface area contributed by atoms with Crippen molar-refractivity contribution in [1.29, 1.82) is 0 Å². The molecule has 0 amide bonds. The van der Waals surface area contributed by atoms with E-state index in [-0.39, 0.29) is 17.5 Å². The van der Waals surface area contributed by atoms with E-state index >= 15 is 0 Å². The van der Waals surface area contributed by atoms with E-state index in [0.717, 1.165) is 0 Å². The van der Waals surface area contributed by atoms with Gasteiger partial charge >= 0.3 is 0 Å². The van der Waals surface area contributed by atoms with E-state index in [1.165, 1.54) is 6.21 Å². The second-order valence-corrected chi connectivity index (χ2v) is 5.79. The SMILES string of the molecule is N/C(CCN(CC/C=N/O)CCN(CC/C(N)=N/O)CC/C(N)=N/O)=N\O. The first-order valence-electron chi connectivity index (χ1n) is 8.46. The third kappa shape index (κ3) is 13.1. The normalized spacial score (nSPS) is 13.9. The molecular formula is C14H31N9O4. The number of oxime groups is 4. The number of amidine groups is 3. The lowest BCUT2D eigenvalue weighted by Gasteiger charge is -2.27. The summed E-state index contributed by atoms with van der Waals surface area (Å²) in [5.41, 5.74) is 16.6. The van der Waals surface area contributed by atoms with Crippen LogP contribution in [0.4, 0.5) is 0 Å². The van der Waals surface area contributed by atoms with Crippen LogP contribution in [0.1, 0.15) is 25.7 Å². The molecule has 0 radical (unpaired) electrons. The largest absolute Gasteiger partial charge is 0.411 e. The molecule has 13 heteroatoms.